The number of pyridine rings is 1. The number of carbonyl (C=O) groups is 1. The molecule has 0 spiro atoms. The Labute approximate surface area is 162 Å². The van der Waals surface area contributed by atoms with Gasteiger partial charge in [-0.15, -0.1) is 0 Å². The lowest BCUT2D eigenvalue weighted by atomic mass is 9.94. The van der Waals surface area contributed by atoms with Crippen LogP contribution in [0.1, 0.15) is 15.9 Å². The van der Waals surface area contributed by atoms with Crippen molar-refractivity contribution in [3.05, 3.63) is 41.3 Å². The molecule has 1 aromatic carbocycles. The van der Waals surface area contributed by atoms with Crippen molar-refractivity contribution in [1.82, 2.24) is 15.6 Å². The Bertz CT molecular complexity index is 1050. The maximum absolute atomic E-state index is 13.8. The number of hydrogen-bond donors (Lipinski definition) is 3. The van der Waals surface area contributed by atoms with Crippen LogP contribution in [-0.4, -0.2) is 48.1 Å². The molecule has 0 unspecified atom stereocenters. The van der Waals surface area contributed by atoms with Gasteiger partial charge < -0.3 is 15.2 Å². The van der Waals surface area contributed by atoms with Crippen molar-refractivity contribution in [3.63, 3.8) is 0 Å². The zero-order valence-electron chi connectivity index (χ0n) is 15.0. The SMILES string of the molecule is COc1ncc(F)cc1-c1c(C#N)ccc(O)c1C(=O)NC1=NCC(F)(F)CN1. The molecule has 0 bridgehead atoms. The summed E-state index contributed by atoms with van der Waals surface area (Å²) < 4.78 is 45.3. The van der Waals surface area contributed by atoms with E-state index in [-0.39, 0.29) is 28.5 Å². The topological polar surface area (TPSA) is 120 Å². The lowest BCUT2D eigenvalue weighted by Crippen LogP contribution is -2.50. The van der Waals surface area contributed by atoms with Gasteiger partial charge in [-0.25, -0.2) is 23.1 Å². The van der Waals surface area contributed by atoms with Gasteiger partial charge in [0.2, 0.25) is 5.88 Å². The van der Waals surface area contributed by atoms with Crippen molar-refractivity contribution in [2.45, 2.75) is 5.92 Å². The van der Waals surface area contributed by atoms with E-state index in [4.69, 9.17) is 4.74 Å². The number of nitrogens with zero attached hydrogens (tertiary/aromatic N) is 3. The molecule has 11 heteroatoms. The summed E-state index contributed by atoms with van der Waals surface area (Å²) in [5.41, 5.74) is -0.633. The van der Waals surface area contributed by atoms with Crippen molar-refractivity contribution in [3.8, 4) is 28.8 Å². The number of halogens is 3. The highest BCUT2D eigenvalue weighted by molar-refractivity contribution is 6.11. The summed E-state index contributed by atoms with van der Waals surface area (Å²) in [5, 5.41) is 24.3. The number of aromatic hydroxyl groups is 1. The van der Waals surface area contributed by atoms with E-state index < -0.39 is 42.0 Å². The second kappa shape index (κ2) is 7.67. The van der Waals surface area contributed by atoms with E-state index in [9.17, 15) is 28.3 Å². The monoisotopic (exact) mass is 405 g/mol. The number of phenols is 1. The number of methoxy groups -OCH3 is 1. The summed E-state index contributed by atoms with van der Waals surface area (Å²) in [4.78, 5) is 20.1. The lowest BCUT2D eigenvalue weighted by molar-refractivity contribution is 0.0120. The number of nitrogens with one attached hydrogen (secondary N) is 2. The van der Waals surface area contributed by atoms with Gasteiger partial charge in [-0.3, -0.25) is 10.1 Å². The molecule has 2 aromatic rings. The van der Waals surface area contributed by atoms with E-state index in [1.54, 1.807) is 0 Å². The molecular formula is C18H14F3N5O3. The third-order valence-electron chi connectivity index (χ3n) is 4.03. The molecule has 1 aromatic heterocycles. The summed E-state index contributed by atoms with van der Waals surface area (Å²) in [6.07, 6.45) is 0.887. The van der Waals surface area contributed by atoms with Gasteiger partial charge in [-0.05, 0) is 18.2 Å². The first kappa shape index (κ1) is 19.9. The first-order chi connectivity index (χ1) is 13.8. The highest BCUT2D eigenvalue weighted by atomic mass is 19.3. The number of benzene rings is 1. The number of amides is 1. The number of ether oxygens (including phenoxy) is 1. The van der Waals surface area contributed by atoms with Crippen molar-refractivity contribution >= 4 is 11.9 Å². The molecule has 0 radical (unpaired) electrons. The van der Waals surface area contributed by atoms with Crippen LogP contribution in [0.2, 0.25) is 0 Å². The molecule has 2 heterocycles. The Morgan fingerprint density at radius 2 is 2.21 bits per heavy atom. The molecule has 0 saturated carbocycles. The van der Waals surface area contributed by atoms with Gasteiger partial charge in [0, 0.05) is 11.1 Å². The lowest BCUT2D eigenvalue weighted by Gasteiger charge is -2.23. The van der Waals surface area contributed by atoms with E-state index in [0.717, 1.165) is 18.3 Å². The summed E-state index contributed by atoms with van der Waals surface area (Å²) in [7, 11) is 1.26. The van der Waals surface area contributed by atoms with Gasteiger partial charge >= 0.3 is 0 Å². The Balaban J connectivity index is 2.11. The molecule has 0 aliphatic carbocycles. The van der Waals surface area contributed by atoms with E-state index in [1.807, 2.05) is 6.07 Å². The molecule has 150 valence electrons. The quantitative estimate of drug-likeness (QED) is 0.716. The number of phenolic OH excluding ortho intramolecular Hbond substituents is 1. The Morgan fingerprint density at radius 3 is 2.83 bits per heavy atom. The summed E-state index contributed by atoms with van der Waals surface area (Å²) in [6.45, 7) is -1.56. The fraction of sp³-hybridized carbons (Fsp3) is 0.222. The van der Waals surface area contributed by atoms with Crippen LogP contribution in [0.5, 0.6) is 11.6 Å². The molecule has 8 nitrogen and oxygen atoms in total. The average molecular weight is 405 g/mol. The average Bonchev–Trinajstić information content (AvgIpc) is 2.69. The third kappa shape index (κ3) is 4.06. The van der Waals surface area contributed by atoms with E-state index in [0.29, 0.717) is 0 Å². The minimum Gasteiger partial charge on any atom is -0.507 e. The van der Waals surface area contributed by atoms with E-state index in [2.05, 4.69) is 20.6 Å². The molecule has 0 fully saturated rings. The normalized spacial score (nSPS) is 14.9. The molecule has 1 aliphatic heterocycles. The highest BCUT2D eigenvalue weighted by Crippen LogP contribution is 2.37. The Hall–Kier alpha value is -3.81. The van der Waals surface area contributed by atoms with Crippen molar-refractivity contribution < 1.29 is 27.8 Å². The second-order valence-electron chi connectivity index (χ2n) is 6.03. The molecule has 0 saturated heterocycles. The number of aromatic nitrogens is 1. The zero-order valence-corrected chi connectivity index (χ0v) is 15.0. The number of alkyl halides is 2. The number of nitriles is 1. The van der Waals surface area contributed by atoms with Gasteiger partial charge in [0.1, 0.15) is 18.1 Å². The van der Waals surface area contributed by atoms with Gasteiger partial charge in [-0.1, -0.05) is 0 Å². The predicted octanol–water partition coefficient (Wildman–Crippen LogP) is 1.80. The highest BCUT2D eigenvalue weighted by Gasteiger charge is 2.33. The summed E-state index contributed by atoms with van der Waals surface area (Å²) in [5.74, 6) is -5.60. The Kier molecular flexibility index (Phi) is 5.27. The van der Waals surface area contributed by atoms with Crippen LogP contribution in [0.4, 0.5) is 13.2 Å². The number of aliphatic imine (C=N–C) groups is 1. The van der Waals surface area contributed by atoms with E-state index >= 15 is 0 Å². The van der Waals surface area contributed by atoms with Crippen LogP contribution in [0.3, 0.4) is 0 Å². The van der Waals surface area contributed by atoms with Crippen LogP contribution in [-0.2, 0) is 0 Å². The van der Waals surface area contributed by atoms with Gasteiger partial charge in [0.25, 0.3) is 11.8 Å². The number of rotatable bonds is 3. The fourth-order valence-electron chi connectivity index (χ4n) is 2.74. The minimum absolute atomic E-state index is 0.0461. The molecule has 1 aliphatic rings. The molecule has 1 amide bonds. The largest absolute Gasteiger partial charge is 0.507 e. The third-order valence-corrected chi connectivity index (χ3v) is 4.03. The van der Waals surface area contributed by atoms with E-state index in [1.165, 1.54) is 13.2 Å². The van der Waals surface area contributed by atoms with Crippen LogP contribution in [0, 0.1) is 17.1 Å². The maximum atomic E-state index is 13.8. The number of hydrogen-bond acceptors (Lipinski definition) is 7. The minimum atomic E-state index is -3.05. The first-order valence-electron chi connectivity index (χ1n) is 8.19. The van der Waals surface area contributed by atoms with Crippen LogP contribution >= 0.6 is 0 Å². The standard InChI is InChI=1S/C18H14F3N5O3/c1-29-16-11(4-10(19)6-23-16)13-9(5-22)2-3-12(27)14(13)15(28)26-17-24-7-18(20,21)8-25-17/h2-4,6,27H,7-8H2,1H3,(H2,24,25,26,28). The molecule has 29 heavy (non-hydrogen) atoms. The Morgan fingerprint density at radius 1 is 1.45 bits per heavy atom. The number of carbonyl (C=O) groups excluding carboxylic acids is 1. The second-order valence-corrected chi connectivity index (χ2v) is 6.03. The molecule has 3 N–H and O–H groups in total. The molecular weight excluding hydrogens is 391 g/mol. The van der Waals surface area contributed by atoms with Gasteiger partial charge in [0.15, 0.2) is 5.96 Å². The van der Waals surface area contributed by atoms with Crippen LogP contribution in [0.15, 0.2) is 29.4 Å². The summed E-state index contributed by atoms with van der Waals surface area (Å²) >= 11 is 0. The van der Waals surface area contributed by atoms with Crippen LogP contribution < -0.4 is 15.4 Å². The number of guanidine groups is 1. The molecule has 0 atom stereocenters. The molecule has 3 rings (SSSR count). The van der Waals surface area contributed by atoms with Crippen molar-refractivity contribution in [2.75, 3.05) is 20.2 Å². The predicted molar refractivity (Wildman–Crippen MR) is 95.3 cm³/mol. The zero-order chi connectivity index (χ0) is 21.2. The maximum Gasteiger partial charge on any atom is 0.284 e. The van der Waals surface area contributed by atoms with Crippen LogP contribution in [0.25, 0.3) is 11.1 Å². The summed E-state index contributed by atoms with van der Waals surface area (Å²) in [6, 6.07) is 5.21. The van der Waals surface area contributed by atoms with Gasteiger partial charge in [-0.2, -0.15) is 5.26 Å². The fourth-order valence-corrected chi connectivity index (χ4v) is 2.74. The van der Waals surface area contributed by atoms with Crippen molar-refractivity contribution in [2.24, 2.45) is 4.99 Å². The van der Waals surface area contributed by atoms with Gasteiger partial charge in [0.05, 0.1) is 37.0 Å². The first-order valence-corrected chi connectivity index (χ1v) is 8.19. The smallest absolute Gasteiger partial charge is 0.284 e. The van der Waals surface area contributed by atoms with Crippen molar-refractivity contribution in [1.29, 1.82) is 5.26 Å².